The van der Waals surface area contributed by atoms with Gasteiger partial charge in [0, 0.05) is 27.2 Å². The van der Waals surface area contributed by atoms with E-state index < -0.39 is 26.0 Å². The molecular weight excluding hydrogens is 498 g/mol. The van der Waals surface area contributed by atoms with E-state index in [1.165, 1.54) is 38.4 Å². The van der Waals surface area contributed by atoms with Crippen molar-refractivity contribution in [1.82, 2.24) is 13.9 Å². The number of aryl methyl sites for hydroxylation is 2. The number of nitrogens with zero attached hydrogens (tertiary/aromatic N) is 2. The predicted octanol–water partition coefficient (Wildman–Crippen LogP) is 3.06. The Bertz CT molecular complexity index is 1400. The van der Waals surface area contributed by atoms with Crippen LogP contribution in [-0.4, -0.2) is 52.0 Å². The molecule has 0 aromatic heterocycles. The van der Waals surface area contributed by atoms with E-state index in [0.29, 0.717) is 5.56 Å². The molecule has 3 aromatic rings. The Labute approximate surface area is 213 Å². The molecule has 192 valence electrons. The van der Waals surface area contributed by atoms with Crippen molar-refractivity contribution in [1.29, 1.82) is 0 Å². The quantitative estimate of drug-likeness (QED) is 0.435. The van der Waals surface area contributed by atoms with Crippen molar-refractivity contribution in [3.63, 3.8) is 0 Å². The van der Waals surface area contributed by atoms with Gasteiger partial charge in [-0.25, -0.2) is 21.1 Å². The van der Waals surface area contributed by atoms with Gasteiger partial charge in [0.1, 0.15) is 0 Å². The highest BCUT2D eigenvalue weighted by Gasteiger charge is 2.27. The molecule has 0 bridgehead atoms. The molecule has 0 fully saturated rings. The largest absolute Gasteiger partial charge is 0.351 e. The topological polar surface area (TPSA) is 104 Å². The second-order valence-corrected chi connectivity index (χ2v) is 12.9. The molecule has 0 aliphatic rings. The summed E-state index contributed by atoms with van der Waals surface area (Å²) in [4.78, 5) is 13.1. The number of hydrogen-bond donors (Lipinski definition) is 1. The van der Waals surface area contributed by atoms with E-state index in [1.807, 2.05) is 38.1 Å². The third-order valence-electron chi connectivity index (χ3n) is 5.65. The highest BCUT2D eigenvalue weighted by atomic mass is 32.2. The molecule has 3 rings (SSSR count). The maximum Gasteiger partial charge on any atom is 0.243 e. The zero-order valence-electron chi connectivity index (χ0n) is 20.8. The van der Waals surface area contributed by atoms with Gasteiger partial charge in [-0.2, -0.15) is 4.31 Å². The van der Waals surface area contributed by atoms with Crippen molar-refractivity contribution in [2.24, 2.45) is 0 Å². The number of amides is 1. The number of hydrogen-bond acceptors (Lipinski definition) is 5. The van der Waals surface area contributed by atoms with Crippen LogP contribution in [0, 0.1) is 13.8 Å². The van der Waals surface area contributed by atoms with Gasteiger partial charge in [-0.05, 0) is 49.2 Å². The summed E-state index contributed by atoms with van der Waals surface area (Å²) in [6.07, 6.45) is 0. The number of carbonyl (C=O) groups is 1. The van der Waals surface area contributed by atoms with Gasteiger partial charge in [-0.1, -0.05) is 59.7 Å². The van der Waals surface area contributed by atoms with Crippen molar-refractivity contribution < 1.29 is 21.6 Å². The Hall–Kier alpha value is -3.05. The van der Waals surface area contributed by atoms with E-state index in [1.54, 1.807) is 24.3 Å². The lowest BCUT2D eigenvalue weighted by Crippen LogP contribution is -2.40. The minimum Gasteiger partial charge on any atom is -0.351 e. The van der Waals surface area contributed by atoms with Crippen LogP contribution in [0.15, 0.2) is 82.6 Å². The third-order valence-corrected chi connectivity index (χ3v) is 9.29. The van der Waals surface area contributed by atoms with Crippen molar-refractivity contribution in [2.75, 3.05) is 20.6 Å². The van der Waals surface area contributed by atoms with E-state index in [-0.39, 0.29) is 29.4 Å². The number of benzene rings is 3. The van der Waals surface area contributed by atoms with Crippen molar-refractivity contribution in [3.8, 4) is 0 Å². The van der Waals surface area contributed by atoms with Crippen molar-refractivity contribution >= 4 is 26.0 Å². The summed E-state index contributed by atoms with van der Waals surface area (Å²) in [5, 5.41) is 2.73. The predicted molar refractivity (Wildman–Crippen MR) is 139 cm³/mol. The van der Waals surface area contributed by atoms with Crippen LogP contribution in [0.1, 0.15) is 22.3 Å². The van der Waals surface area contributed by atoms with E-state index in [9.17, 15) is 21.6 Å². The summed E-state index contributed by atoms with van der Waals surface area (Å²) < 4.78 is 53.5. The molecule has 0 unspecified atom stereocenters. The maximum absolute atomic E-state index is 13.4. The standard InChI is InChI=1S/C26H31N3O5S2/c1-20-5-9-23(10-6-20)18-29(36(33,34)25-13-7-21(2)8-14-25)19-26(30)27-17-22-11-15-24(16-12-22)35(31,32)28(3)4/h5-16H,17-19H2,1-4H3,(H,27,30). The molecule has 0 atom stereocenters. The fourth-order valence-electron chi connectivity index (χ4n) is 3.39. The first-order valence-corrected chi connectivity index (χ1v) is 14.2. The van der Waals surface area contributed by atoms with E-state index in [2.05, 4.69) is 5.32 Å². The van der Waals surface area contributed by atoms with Gasteiger partial charge in [0.2, 0.25) is 26.0 Å². The van der Waals surface area contributed by atoms with Gasteiger partial charge in [-0.15, -0.1) is 0 Å². The number of sulfonamides is 2. The average Bonchev–Trinajstić information content (AvgIpc) is 2.84. The Balaban J connectivity index is 1.75. The monoisotopic (exact) mass is 529 g/mol. The molecule has 36 heavy (non-hydrogen) atoms. The lowest BCUT2D eigenvalue weighted by Gasteiger charge is -2.22. The van der Waals surface area contributed by atoms with Gasteiger partial charge in [0.05, 0.1) is 16.3 Å². The zero-order valence-corrected chi connectivity index (χ0v) is 22.4. The summed E-state index contributed by atoms with van der Waals surface area (Å²) in [5.41, 5.74) is 3.43. The normalized spacial score (nSPS) is 12.2. The van der Waals surface area contributed by atoms with Crippen LogP contribution < -0.4 is 5.32 Å². The highest BCUT2D eigenvalue weighted by molar-refractivity contribution is 7.89. The fraction of sp³-hybridized carbons (Fsp3) is 0.269. The molecular formula is C26H31N3O5S2. The zero-order chi connectivity index (χ0) is 26.5. The van der Waals surface area contributed by atoms with E-state index in [0.717, 1.165) is 25.3 Å². The lowest BCUT2D eigenvalue weighted by atomic mass is 10.1. The van der Waals surface area contributed by atoms with Crippen LogP contribution in [-0.2, 0) is 37.9 Å². The van der Waals surface area contributed by atoms with Gasteiger partial charge in [0.25, 0.3) is 0 Å². The summed E-state index contributed by atoms with van der Waals surface area (Å²) in [6.45, 7) is 3.62. The first kappa shape index (κ1) is 27.5. The van der Waals surface area contributed by atoms with Gasteiger partial charge in [0.15, 0.2) is 0 Å². The molecule has 0 aliphatic carbocycles. The lowest BCUT2D eigenvalue weighted by molar-refractivity contribution is -0.121. The molecule has 0 heterocycles. The molecule has 0 saturated heterocycles. The Kier molecular flexibility index (Phi) is 8.67. The van der Waals surface area contributed by atoms with Crippen LogP contribution >= 0.6 is 0 Å². The molecule has 0 spiro atoms. The van der Waals surface area contributed by atoms with E-state index >= 15 is 0 Å². The second-order valence-electron chi connectivity index (χ2n) is 8.78. The molecule has 10 heteroatoms. The summed E-state index contributed by atoms with van der Waals surface area (Å²) in [6, 6.07) is 20.2. The Morgan fingerprint density at radius 1 is 0.694 bits per heavy atom. The average molecular weight is 530 g/mol. The molecule has 1 N–H and O–H groups in total. The van der Waals surface area contributed by atoms with Crippen LogP contribution in [0.5, 0.6) is 0 Å². The minimum absolute atomic E-state index is 0.0427. The Morgan fingerprint density at radius 3 is 1.67 bits per heavy atom. The SMILES string of the molecule is Cc1ccc(CN(CC(=O)NCc2ccc(S(=O)(=O)N(C)C)cc2)S(=O)(=O)c2ccc(C)cc2)cc1. The molecule has 8 nitrogen and oxygen atoms in total. The first-order valence-electron chi connectivity index (χ1n) is 11.3. The minimum atomic E-state index is -3.93. The van der Waals surface area contributed by atoms with Crippen molar-refractivity contribution in [2.45, 2.75) is 36.7 Å². The van der Waals surface area contributed by atoms with Crippen molar-refractivity contribution in [3.05, 3.63) is 95.1 Å². The molecule has 0 aliphatic heterocycles. The van der Waals surface area contributed by atoms with E-state index in [4.69, 9.17) is 0 Å². The molecule has 1 amide bonds. The Morgan fingerprint density at radius 2 is 1.14 bits per heavy atom. The van der Waals surface area contributed by atoms with Crippen LogP contribution in [0.2, 0.25) is 0 Å². The molecule has 3 aromatic carbocycles. The highest BCUT2D eigenvalue weighted by Crippen LogP contribution is 2.19. The summed E-state index contributed by atoms with van der Waals surface area (Å²) in [7, 11) is -4.57. The smallest absolute Gasteiger partial charge is 0.243 e. The fourth-order valence-corrected chi connectivity index (χ4v) is 5.68. The van der Waals surface area contributed by atoms with Gasteiger partial charge < -0.3 is 5.32 Å². The summed E-state index contributed by atoms with van der Waals surface area (Å²) >= 11 is 0. The van der Waals surface area contributed by atoms with Crippen LogP contribution in [0.25, 0.3) is 0 Å². The third kappa shape index (κ3) is 6.79. The second kappa shape index (κ2) is 11.3. The van der Waals surface area contributed by atoms with Crippen LogP contribution in [0.4, 0.5) is 0 Å². The summed E-state index contributed by atoms with van der Waals surface area (Å²) in [5.74, 6) is -0.470. The van der Waals surface area contributed by atoms with Crippen LogP contribution in [0.3, 0.4) is 0 Å². The number of rotatable bonds is 10. The molecule has 0 radical (unpaired) electrons. The number of carbonyl (C=O) groups excluding carboxylic acids is 1. The van der Waals surface area contributed by atoms with Gasteiger partial charge in [-0.3, -0.25) is 4.79 Å². The van der Waals surface area contributed by atoms with Gasteiger partial charge >= 0.3 is 0 Å². The molecule has 0 saturated carbocycles. The maximum atomic E-state index is 13.4. The number of nitrogens with one attached hydrogen (secondary N) is 1. The first-order chi connectivity index (χ1) is 16.9.